The van der Waals surface area contributed by atoms with Crippen molar-refractivity contribution < 1.29 is 14.3 Å². The fourth-order valence-electron chi connectivity index (χ4n) is 1.84. The molecular formula is C15H14BrNO3. The second-order valence-corrected chi connectivity index (χ2v) is 5.24. The van der Waals surface area contributed by atoms with Gasteiger partial charge < -0.3 is 10.1 Å². The first-order valence-electron chi connectivity index (χ1n) is 6.03. The van der Waals surface area contributed by atoms with Gasteiger partial charge in [-0.05, 0) is 54.0 Å². The molecule has 1 aromatic carbocycles. The Kier molecular flexibility index (Phi) is 4.09. The molecule has 0 radical (unpaired) electrons. The quantitative estimate of drug-likeness (QED) is 0.862. The molecule has 0 fully saturated rings. The van der Waals surface area contributed by atoms with Gasteiger partial charge in [-0.2, -0.15) is 0 Å². The Morgan fingerprint density at radius 3 is 2.10 bits per heavy atom. The number of hydrogen-bond donors (Lipinski definition) is 1. The maximum absolute atomic E-state index is 12.2. The van der Waals surface area contributed by atoms with E-state index in [0.717, 1.165) is 5.75 Å². The largest absolute Gasteiger partial charge is 0.497 e. The van der Waals surface area contributed by atoms with Crippen molar-refractivity contribution in [3.05, 3.63) is 45.6 Å². The molecule has 1 N–H and O–H groups in total. The Hall–Kier alpha value is -1.88. The molecule has 5 heteroatoms. The predicted octanol–water partition coefficient (Wildman–Crippen LogP) is 3.20. The number of carbonyl (C=O) groups is 2. The van der Waals surface area contributed by atoms with Crippen molar-refractivity contribution in [1.29, 1.82) is 0 Å². The van der Waals surface area contributed by atoms with Gasteiger partial charge in [0.25, 0.3) is 0 Å². The van der Waals surface area contributed by atoms with Crippen LogP contribution in [0.3, 0.4) is 0 Å². The number of Topliss-reactive ketones (excluding diaryl/α,β-unsaturated/α-hetero) is 2. The first-order chi connectivity index (χ1) is 9.45. The van der Waals surface area contributed by atoms with Crippen LogP contribution in [0, 0.1) is 0 Å². The van der Waals surface area contributed by atoms with Crippen LogP contribution in [-0.2, 0) is 9.59 Å². The van der Waals surface area contributed by atoms with E-state index in [0.29, 0.717) is 16.8 Å². The Morgan fingerprint density at radius 2 is 1.55 bits per heavy atom. The summed E-state index contributed by atoms with van der Waals surface area (Å²) in [5.41, 5.74) is 1.92. The van der Waals surface area contributed by atoms with Gasteiger partial charge in [0.15, 0.2) is 5.78 Å². The molecule has 0 heterocycles. The van der Waals surface area contributed by atoms with Gasteiger partial charge in [-0.3, -0.25) is 9.59 Å². The van der Waals surface area contributed by atoms with Crippen molar-refractivity contribution in [1.82, 2.24) is 0 Å². The highest BCUT2D eigenvalue weighted by Crippen LogP contribution is 2.29. The second-order valence-electron chi connectivity index (χ2n) is 4.45. The summed E-state index contributed by atoms with van der Waals surface area (Å²) in [5.74, 6) is 0.379. The van der Waals surface area contributed by atoms with Gasteiger partial charge in [0.05, 0.1) is 11.6 Å². The highest BCUT2D eigenvalue weighted by atomic mass is 79.9. The SMILES string of the molecule is COc1ccc(NC2=C(Br)C(=O)C(C)=C(C)C2=O)cc1. The maximum atomic E-state index is 12.2. The lowest BCUT2D eigenvalue weighted by molar-refractivity contribution is -0.115. The summed E-state index contributed by atoms with van der Waals surface area (Å²) in [6.45, 7) is 3.31. The van der Waals surface area contributed by atoms with Gasteiger partial charge in [-0.25, -0.2) is 0 Å². The van der Waals surface area contributed by atoms with Crippen molar-refractivity contribution in [3.63, 3.8) is 0 Å². The van der Waals surface area contributed by atoms with Crippen molar-refractivity contribution in [3.8, 4) is 5.75 Å². The van der Waals surface area contributed by atoms with E-state index in [1.807, 2.05) is 0 Å². The molecule has 0 aromatic heterocycles. The van der Waals surface area contributed by atoms with Crippen molar-refractivity contribution in [2.75, 3.05) is 12.4 Å². The topological polar surface area (TPSA) is 55.4 Å². The van der Waals surface area contributed by atoms with Crippen LogP contribution < -0.4 is 10.1 Å². The van der Waals surface area contributed by atoms with E-state index in [1.165, 1.54) is 0 Å². The molecule has 20 heavy (non-hydrogen) atoms. The minimum absolute atomic E-state index is 0.168. The predicted molar refractivity (Wildman–Crippen MR) is 81.0 cm³/mol. The van der Waals surface area contributed by atoms with Crippen molar-refractivity contribution in [2.45, 2.75) is 13.8 Å². The van der Waals surface area contributed by atoms with E-state index < -0.39 is 0 Å². The number of rotatable bonds is 3. The van der Waals surface area contributed by atoms with Crippen LogP contribution in [0.4, 0.5) is 5.69 Å². The van der Waals surface area contributed by atoms with E-state index in [1.54, 1.807) is 45.2 Å². The number of halogens is 1. The van der Waals surface area contributed by atoms with Crippen LogP contribution in [0.15, 0.2) is 45.6 Å². The Morgan fingerprint density at radius 1 is 1.00 bits per heavy atom. The normalized spacial score (nSPS) is 15.8. The van der Waals surface area contributed by atoms with Crippen LogP contribution in [0.5, 0.6) is 5.75 Å². The van der Waals surface area contributed by atoms with Crippen LogP contribution >= 0.6 is 15.9 Å². The fraction of sp³-hybridized carbons (Fsp3) is 0.200. The Labute approximate surface area is 125 Å². The summed E-state index contributed by atoms with van der Waals surface area (Å²) in [6, 6.07) is 7.12. The highest BCUT2D eigenvalue weighted by Gasteiger charge is 2.29. The summed E-state index contributed by atoms with van der Waals surface area (Å²) in [6.07, 6.45) is 0. The van der Waals surface area contributed by atoms with E-state index in [-0.39, 0.29) is 21.7 Å². The average molecular weight is 336 g/mol. The zero-order valence-electron chi connectivity index (χ0n) is 11.4. The van der Waals surface area contributed by atoms with E-state index in [2.05, 4.69) is 21.2 Å². The molecule has 0 aliphatic heterocycles. The number of allylic oxidation sites excluding steroid dienone is 3. The summed E-state index contributed by atoms with van der Waals surface area (Å²) in [7, 11) is 1.59. The minimum atomic E-state index is -0.176. The molecule has 4 nitrogen and oxygen atoms in total. The molecule has 0 saturated carbocycles. The average Bonchev–Trinajstić information content (AvgIpc) is 2.48. The molecule has 0 amide bonds. The van der Waals surface area contributed by atoms with Crippen LogP contribution in [-0.4, -0.2) is 18.7 Å². The molecule has 0 atom stereocenters. The van der Waals surface area contributed by atoms with Gasteiger partial charge in [-0.1, -0.05) is 0 Å². The molecule has 104 valence electrons. The Bertz CT molecular complexity index is 642. The zero-order valence-corrected chi connectivity index (χ0v) is 13.0. The first kappa shape index (κ1) is 14.5. The molecule has 0 spiro atoms. The number of ether oxygens (including phenoxy) is 1. The molecule has 2 rings (SSSR count). The number of methoxy groups -OCH3 is 1. The zero-order chi connectivity index (χ0) is 14.9. The van der Waals surface area contributed by atoms with Gasteiger partial charge in [0, 0.05) is 16.8 Å². The summed E-state index contributed by atoms with van der Waals surface area (Å²) in [5, 5.41) is 2.99. The molecule has 0 unspecified atom stereocenters. The lowest BCUT2D eigenvalue weighted by atomic mass is 9.95. The lowest BCUT2D eigenvalue weighted by Gasteiger charge is -2.18. The number of anilines is 1. The summed E-state index contributed by atoms with van der Waals surface area (Å²) < 4.78 is 5.34. The fourth-order valence-corrected chi connectivity index (χ4v) is 2.41. The van der Waals surface area contributed by atoms with Gasteiger partial charge in [0.2, 0.25) is 5.78 Å². The van der Waals surface area contributed by atoms with Crippen molar-refractivity contribution in [2.24, 2.45) is 0 Å². The monoisotopic (exact) mass is 335 g/mol. The molecular weight excluding hydrogens is 322 g/mol. The van der Waals surface area contributed by atoms with Gasteiger partial charge in [0.1, 0.15) is 11.4 Å². The molecule has 0 saturated heterocycles. The van der Waals surface area contributed by atoms with E-state index in [4.69, 9.17) is 4.74 Å². The minimum Gasteiger partial charge on any atom is -0.497 e. The Balaban J connectivity index is 2.32. The molecule has 1 aliphatic carbocycles. The van der Waals surface area contributed by atoms with Crippen LogP contribution in [0.25, 0.3) is 0 Å². The first-order valence-corrected chi connectivity index (χ1v) is 6.82. The van der Waals surface area contributed by atoms with Crippen LogP contribution in [0.2, 0.25) is 0 Å². The number of benzene rings is 1. The van der Waals surface area contributed by atoms with Crippen molar-refractivity contribution >= 4 is 33.2 Å². The highest BCUT2D eigenvalue weighted by molar-refractivity contribution is 9.12. The number of carbonyl (C=O) groups excluding carboxylic acids is 2. The second kappa shape index (κ2) is 5.63. The summed E-state index contributed by atoms with van der Waals surface area (Å²) in [4.78, 5) is 24.2. The number of nitrogens with one attached hydrogen (secondary N) is 1. The smallest absolute Gasteiger partial charge is 0.206 e. The van der Waals surface area contributed by atoms with Gasteiger partial charge in [-0.15, -0.1) is 0 Å². The lowest BCUT2D eigenvalue weighted by Crippen LogP contribution is -2.23. The third-order valence-electron chi connectivity index (χ3n) is 3.25. The maximum Gasteiger partial charge on any atom is 0.206 e. The number of hydrogen-bond acceptors (Lipinski definition) is 4. The summed E-state index contributed by atoms with van der Waals surface area (Å²) >= 11 is 3.20. The standard InChI is InChI=1S/C15H14BrNO3/c1-8-9(2)15(19)13(12(16)14(8)18)17-10-4-6-11(20-3)7-5-10/h4-7,17H,1-3H3. The third kappa shape index (κ3) is 2.54. The van der Waals surface area contributed by atoms with E-state index in [9.17, 15) is 9.59 Å². The van der Waals surface area contributed by atoms with Gasteiger partial charge >= 0.3 is 0 Å². The molecule has 1 aromatic rings. The molecule has 0 bridgehead atoms. The number of ketones is 2. The third-order valence-corrected chi connectivity index (χ3v) is 4.01. The molecule has 1 aliphatic rings. The van der Waals surface area contributed by atoms with Crippen LogP contribution in [0.1, 0.15) is 13.8 Å². The van der Waals surface area contributed by atoms with E-state index >= 15 is 0 Å².